The second kappa shape index (κ2) is 16.7. The van der Waals surface area contributed by atoms with Gasteiger partial charge in [-0.05, 0) is 28.8 Å². The van der Waals surface area contributed by atoms with Gasteiger partial charge in [0.15, 0.2) is 0 Å². The normalized spacial score (nSPS) is 13.4. The van der Waals surface area contributed by atoms with Gasteiger partial charge in [0.25, 0.3) is 0 Å². The predicted molar refractivity (Wildman–Crippen MR) is 140 cm³/mol. The maximum atomic E-state index is 10.5. The van der Waals surface area contributed by atoms with Crippen molar-refractivity contribution in [3.63, 3.8) is 0 Å². The molecule has 3 rings (SSSR count). The Bertz CT molecular complexity index is 1060. The number of primary amides is 1. The molecule has 0 aromatic heterocycles. The number of carboxylic acid groups (broad SMARTS) is 2. The number of carbonyl (C=O) groups excluding carboxylic acids is 1. The van der Waals surface area contributed by atoms with Crippen LogP contribution in [0.1, 0.15) is 17.5 Å². The molecule has 0 aliphatic carbocycles. The SMILES string of the molecule is NC=O.O=C(O)COCCN1CCN(Cc2ccccc2-c2ccc(C#CCCNC(=O)O)cc2)CC1. The van der Waals surface area contributed by atoms with Crippen LogP contribution in [-0.4, -0.2) is 91.0 Å². The van der Waals surface area contributed by atoms with E-state index in [1.54, 1.807) is 0 Å². The van der Waals surface area contributed by atoms with Gasteiger partial charge in [-0.3, -0.25) is 14.6 Å². The van der Waals surface area contributed by atoms with Gasteiger partial charge in [-0.2, -0.15) is 0 Å². The minimum absolute atomic E-state index is 0.241. The van der Waals surface area contributed by atoms with E-state index in [0.717, 1.165) is 50.4 Å². The van der Waals surface area contributed by atoms with Crippen LogP contribution in [0.4, 0.5) is 4.79 Å². The van der Waals surface area contributed by atoms with Gasteiger partial charge in [-0.15, -0.1) is 0 Å². The molecule has 1 aliphatic heterocycles. The van der Waals surface area contributed by atoms with Gasteiger partial charge in [0.05, 0.1) is 6.61 Å². The standard InChI is InChI=1S/C26H31N3O5.CH3NO/c30-25(31)20-34-18-17-28-13-15-29(16-14-28)19-23-6-1-2-7-24(23)22-10-8-21(9-11-22)5-3-4-12-27-26(32)33;2-1-3/h1-2,6-11,27H,4,12-20H2,(H,30,31)(H,32,33);1H,(H2,2,3). The number of nitrogens with two attached hydrogens (primary N) is 1. The Kier molecular flexibility index (Phi) is 13.2. The van der Waals surface area contributed by atoms with Crippen LogP contribution in [0.25, 0.3) is 11.1 Å². The third kappa shape index (κ3) is 11.6. The van der Waals surface area contributed by atoms with Crippen LogP contribution in [0.2, 0.25) is 0 Å². The first kappa shape index (κ1) is 29.3. The molecule has 0 bridgehead atoms. The molecule has 0 saturated carbocycles. The number of nitrogens with zero attached hydrogens (tertiary/aromatic N) is 2. The summed E-state index contributed by atoms with van der Waals surface area (Å²) in [5.74, 6) is 5.12. The zero-order valence-electron chi connectivity index (χ0n) is 20.8. The molecular formula is C27H34N4O6. The van der Waals surface area contributed by atoms with Crippen LogP contribution in [0, 0.1) is 11.8 Å². The maximum absolute atomic E-state index is 10.5. The average Bonchev–Trinajstić information content (AvgIpc) is 2.88. The minimum atomic E-state index is -1.03. The summed E-state index contributed by atoms with van der Waals surface area (Å²) in [7, 11) is 0. The predicted octanol–water partition coefficient (Wildman–Crippen LogP) is 1.68. The molecule has 198 valence electrons. The first-order valence-corrected chi connectivity index (χ1v) is 12.0. The van der Waals surface area contributed by atoms with E-state index >= 15 is 0 Å². The topological polar surface area (TPSA) is 145 Å². The molecule has 2 aromatic rings. The number of aliphatic carboxylic acids is 1. The fraction of sp³-hybridized carbons (Fsp3) is 0.370. The molecule has 10 heteroatoms. The van der Waals surface area contributed by atoms with Crippen molar-refractivity contribution in [3.8, 4) is 23.0 Å². The van der Waals surface area contributed by atoms with Crippen molar-refractivity contribution in [2.75, 3.05) is 52.5 Å². The second-order valence-corrected chi connectivity index (χ2v) is 8.22. The summed E-state index contributed by atoms with van der Waals surface area (Å²) in [5.41, 5.74) is 8.69. The summed E-state index contributed by atoms with van der Waals surface area (Å²) in [6.45, 7) is 5.93. The quantitative estimate of drug-likeness (QED) is 0.215. The number of hydrogen-bond acceptors (Lipinski definition) is 6. The summed E-state index contributed by atoms with van der Waals surface area (Å²) in [5, 5.41) is 19.5. The van der Waals surface area contributed by atoms with Gasteiger partial charge in [0.2, 0.25) is 6.41 Å². The highest BCUT2D eigenvalue weighted by Crippen LogP contribution is 2.25. The second-order valence-electron chi connectivity index (χ2n) is 8.22. The number of carboxylic acids is 1. The highest BCUT2D eigenvalue weighted by atomic mass is 16.5. The number of amides is 2. The van der Waals surface area contributed by atoms with Crippen LogP contribution in [0.3, 0.4) is 0 Å². The maximum Gasteiger partial charge on any atom is 0.404 e. The summed E-state index contributed by atoms with van der Waals surface area (Å²) < 4.78 is 5.15. The van der Waals surface area contributed by atoms with E-state index in [2.05, 4.69) is 69.1 Å². The van der Waals surface area contributed by atoms with E-state index in [-0.39, 0.29) is 13.0 Å². The largest absolute Gasteiger partial charge is 0.480 e. The minimum Gasteiger partial charge on any atom is -0.480 e. The van der Waals surface area contributed by atoms with Crippen LogP contribution in [0.5, 0.6) is 0 Å². The lowest BCUT2D eigenvalue weighted by molar-refractivity contribution is -0.142. The summed E-state index contributed by atoms with van der Waals surface area (Å²) >= 11 is 0. The Morgan fingerprint density at radius 2 is 1.68 bits per heavy atom. The van der Waals surface area contributed by atoms with E-state index < -0.39 is 12.1 Å². The number of benzene rings is 2. The molecule has 10 nitrogen and oxygen atoms in total. The van der Waals surface area contributed by atoms with Gasteiger partial charge in [0.1, 0.15) is 6.61 Å². The van der Waals surface area contributed by atoms with Crippen molar-refractivity contribution >= 4 is 18.5 Å². The van der Waals surface area contributed by atoms with Crippen molar-refractivity contribution in [1.29, 1.82) is 0 Å². The van der Waals surface area contributed by atoms with Crippen LogP contribution in [-0.2, 0) is 20.9 Å². The zero-order valence-corrected chi connectivity index (χ0v) is 20.8. The molecular weight excluding hydrogens is 476 g/mol. The Labute approximate surface area is 217 Å². The van der Waals surface area contributed by atoms with Crippen LogP contribution in [0.15, 0.2) is 48.5 Å². The third-order valence-corrected chi connectivity index (χ3v) is 5.61. The lowest BCUT2D eigenvalue weighted by Gasteiger charge is -2.35. The van der Waals surface area contributed by atoms with Gasteiger partial charge in [0, 0.05) is 57.8 Å². The van der Waals surface area contributed by atoms with Crippen LogP contribution < -0.4 is 11.1 Å². The lowest BCUT2D eigenvalue weighted by Crippen LogP contribution is -2.46. The first-order chi connectivity index (χ1) is 17.9. The van der Waals surface area contributed by atoms with E-state index in [1.165, 1.54) is 11.1 Å². The molecule has 0 unspecified atom stereocenters. The molecule has 0 atom stereocenters. The summed E-state index contributed by atoms with van der Waals surface area (Å²) in [4.78, 5) is 34.3. The Hall–Kier alpha value is -3.91. The molecule has 37 heavy (non-hydrogen) atoms. The zero-order chi connectivity index (χ0) is 26.9. The van der Waals surface area contributed by atoms with Crippen molar-refractivity contribution in [2.45, 2.75) is 13.0 Å². The van der Waals surface area contributed by atoms with Gasteiger partial charge >= 0.3 is 12.1 Å². The Morgan fingerprint density at radius 1 is 1.03 bits per heavy atom. The van der Waals surface area contributed by atoms with Gasteiger partial charge in [-0.1, -0.05) is 48.2 Å². The number of hydrogen-bond donors (Lipinski definition) is 4. The molecule has 5 N–H and O–H groups in total. The van der Waals surface area contributed by atoms with E-state index in [9.17, 15) is 9.59 Å². The highest BCUT2D eigenvalue weighted by molar-refractivity contribution is 5.68. The van der Waals surface area contributed by atoms with Gasteiger partial charge in [-0.25, -0.2) is 9.59 Å². The number of carbonyl (C=O) groups is 3. The lowest BCUT2D eigenvalue weighted by atomic mass is 9.98. The van der Waals surface area contributed by atoms with Crippen molar-refractivity contribution in [2.24, 2.45) is 5.73 Å². The highest BCUT2D eigenvalue weighted by Gasteiger charge is 2.18. The molecule has 2 amide bonds. The molecule has 1 fully saturated rings. The van der Waals surface area contributed by atoms with Gasteiger partial charge < -0.3 is 26.0 Å². The molecule has 1 saturated heterocycles. The summed E-state index contributed by atoms with van der Waals surface area (Å²) in [6, 6.07) is 16.6. The molecule has 0 spiro atoms. The van der Waals surface area contributed by atoms with E-state index in [4.69, 9.17) is 19.7 Å². The molecule has 0 radical (unpaired) electrons. The molecule has 1 aliphatic rings. The number of ether oxygens (including phenoxy) is 1. The summed E-state index contributed by atoms with van der Waals surface area (Å²) in [6.07, 6.45) is -0.311. The smallest absolute Gasteiger partial charge is 0.404 e. The van der Waals surface area contributed by atoms with Crippen LogP contribution >= 0.6 is 0 Å². The van der Waals surface area contributed by atoms with Crippen molar-refractivity contribution in [1.82, 2.24) is 15.1 Å². The third-order valence-electron chi connectivity index (χ3n) is 5.61. The average molecular weight is 511 g/mol. The van der Waals surface area contributed by atoms with Crippen molar-refractivity contribution in [3.05, 3.63) is 59.7 Å². The Morgan fingerprint density at radius 3 is 2.32 bits per heavy atom. The fourth-order valence-corrected chi connectivity index (χ4v) is 3.83. The molecule has 1 heterocycles. The fourth-order valence-electron chi connectivity index (χ4n) is 3.83. The monoisotopic (exact) mass is 510 g/mol. The number of rotatable bonds is 10. The number of piperazine rings is 1. The van der Waals surface area contributed by atoms with E-state index in [0.29, 0.717) is 19.6 Å². The van der Waals surface area contributed by atoms with Crippen molar-refractivity contribution < 1.29 is 29.3 Å². The molecule has 2 aromatic carbocycles. The van der Waals surface area contributed by atoms with E-state index in [1.807, 2.05) is 12.1 Å². The number of nitrogens with one attached hydrogen (secondary N) is 1. The first-order valence-electron chi connectivity index (χ1n) is 12.0. The Balaban J connectivity index is 0.00000153.